The summed E-state index contributed by atoms with van der Waals surface area (Å²) in [5, 5.41) is 2.17. The van der Waals surface area contributed by atoms with Crippen molar-refractivity contribution in [1.82, 2.24) is 24.7 Å². The summed E-state index contributed by atoms with van der Waals surface area (Å²) >= 11 is 6.56. The minimum Gasteiger partial charge on any atom is -0.462 e. The predicted molar refractivity (Wildman–Crippen MR) is 165 cm³/mol. The van der Waals surface area contributed by atoms with Crippen LogP contribution in [0.1, 0.15) is 34.5 Å². The van der Waals surface area contributed by atoms with Crippen molar-refractivity contribution in [3.8, 4) is 6.01 Å². The predicted octanol–water partition coefficient (Wildman–Crippen LogP) is 4.03. The van der Waals surface area contributed by atoms with E-state index in [0.717, 1.165) is 41.4 Å². The molecule has 2 aromatic carbocycles. The minimum atomic E-state index is -0.309. The van der Waals surface area contributed by atoms with Crippen molar-refractivity contribution in [3.63, 3.8) is 0 Å². The molecular formula is C32H34ClN7O3. The van der Waals surface area contributed by atoms with Crippen molar-refractivity contribution in [2.24, 2.45) is 0 Å². The van der Waals surface area contributed by atoms with Crippen molar-refractivity contribution in [2.75, 3.05) is 51.3 Å². The van der Waals surface area contributed by atoms with Gasteiger partial charge in [0.25, 0.3) is 5.91 Å². The highest BCUT2D eigenvalue weighted by Crippen LogP contribution is 2.35. The Bertz CT molecular complexity index is 1620. The number of nitrogens with zero attached hydrogens (tertiary/aromatic N) is 7. The fourth-order valence-corrected chi connectivity index (χ4v) is 6.69. The Balaban J connectivity index is 1.32. The topological polar surface area (TPSA) is 86.5 Å². The van der Waals surface area contributed by atoms with Gasteiger partial charge in [-0.1, -0.05) is 42.4 Å². The fourth-order valence-electron chi connectivity index (χ4n) is 6.41. The molecule has 43 heavy (non-hydrogen) atoms. The molecule has 3 aliphatic rings. The van der Waals surface area contributed by atoms with Crippen LogP contribution in [0, 0.1) is 6.57 Å². The van der Waals surface area contributed by atoms with Crippen molar-refractivity contribution >= 4 is 40.0 Å². The summed E-state index contributed by atoms with van der Waals surface area (Å²) in [5.41, 5.74) is 2.14. The molecule has 0 radical (unpaired) electrons. The van der Waals surface area contributed by atoms with Gasteiger partial charge >= 0.3 is 6.01 Å². The SMILES string of the molecule is [C-]#[N+]C[C@H]1CN(c2nc(OC[C@@H]3CCCN3C)nc3c2CN(C(=O)c2cccc4cccc(Cl)c24)C3)CCN1C(=O)C=C. The first-order valence-corrected chi connectivity index (χ1v) is 15.0. The highest BCUT2D eigenvalue weighted by atomic mass is 35.5. The lowest BCUT2D eigenvalue weighted by molar-refractivity contribution is -0.128. The lowest BCUT2D eigenvalue weighted by Crippen LogP contribution is -2.56. The van der Waals surface area contributed by atoms with Gasteiger partial charge in [0.15, 0.2) is 0 Å². The fraction of sp³-hybridized carbons (Fsp3) is 0.406. The first kappa shape index (κ1) is 28.9. The Labute approximate surface area is 256 Å². The van der Waals surface area contributed by atoms with E-state index in [1.165, 1.54) is 6.08 Å². The molecule has 222 valence electrons. The molecule has 10 nitrogen and oxygen atoms in total. The van der Waals surface area contributed by atoms with Gasteiger partial charge in [0, 0.05) is 47.2 Å². The van der Waals surface area contributed by atoms with Gasteiger partial charge in [0.05, 0.1) is 18.8 Å². The molecular weight excluding hydrogens is 566 g/mol. The van der Waals surface area contributed by atoms with Crippen molar-refractivity contribution in [3.05, 3.63) is 82.3 Å². The molecule has 2 fully saturated rings. The number of anilines is 1. The van der Waals surface area contributed by atoms with Crippen molar-refractivity contribution < 1.29 is 14.3 Å². The van der Waals surface area contributed by atoms with Crippen LogP contribution in [0.15, 0.2) is 49.1 Å². The van der Waals surface area contributed by atoms with E-state index in [9.17, 15) is 9.59 Å². The van der Waals surface area contributed by atoms with E-state index >= 15 is 0 Å². The number of halogens is 1. The Morgan fingerprint density at radius 3 is 2.70 bits per heavy atom. The van der Waals surface area contributed by atoms with Gasteiger partial charge < -0.3 is 29.2 Å². The molecule has 2 saturated heterocycles. The summed E-state index contributed by atoms with van der Waals surface area (Å²) in [7, 11) is 2.10. The molecule has 0 bridgehead atoms. The standard InChI is InChI=1S/C32H34ClN7O3/c1-4-28(41)40-15-14-38(17-23(40)16-34-2)30-25-18-39(31(42)24-11-5-8-21-9-6-12-26(33)29(21)24)19-27(25)35-32(36-30)43-20-22-10-7-13-37(22)3/h4-6,8-9,11-12,22-23H,1,7,10,13-20H2,3H3/t22-,23-/m0/s1. The van der Waals surface area contributed by atoms with E-state index < -0.39 is 0 Å². The summed E-state index contributed by atoms with van der Waals surface area (Å²) in [5.74, 6) is 0.369. The monoisotopic (exact) mass is 599 g/mol. The normalized spacial score (nSPS) is 20.3. The molecule has 3 aliphatic heterocycles. The number of carbonyl (C=O) groups is 2. The average molecular weight is 600 g/mol. The minimum absolute atomic E-state index is 0.134. The van der Waals surface area contributed by atoms with E-state index in [4.69, 9.17) is 32.9 Å². The Morgan fingerprint density at radius 2 is 1.95 bits per heavy atom. The summed E-state index contributed by atoms with van der Waals surface area (Å²) < 4.78 is 6.18. The summed E-state index contributed by atoms with van der Waals surface area (Å²) in [4.78, 5) is 47.6. The number of rotatable bonds is 7. The second-order valence-electron chi connectivity index (χ2n) is 11.3. The van der Waals surface area contributed by atoms with Gasteiger partial charge in [-0.25, -0.2) is 6.57 Å². The molecule has 2 atom stereocenters. The number of hydrogen-bond donors (Lipinski definition) is 0. The van der Waals surface area contributed by atoms with Crippen LogP contribution in [0.4, 0.5) is 5.82 Å². The van der Waals surface area contributed by atoms with Crippen LogP contribution in [0.25, 0.3) is 15.6 Å². The van der Waals surface area contributed by atoms with Crippen LogP contribution in [-0.4, -0.2) is 94.9 Å². The number of ether oxygens (including phenoxy) is 1. The summed E-state index contributed by atoms with van der Waals surface area (Å²) in [6.45, 7) is 14.8. The largest absolute Gasteiger partial charge is 0.462 e. The number of hydrogen-bond acceptors (Lipinski definition) is 7. The Morgan fingerprint density at radius 1 is 1.14 bits per heavy atom. The van der Waals surface area contributed by atoms with Crippen LogP contribution in [-0.2, 0) is 17.9 Å². The molecule has 11 heteroatoms. The molecule has 0 saturated carbocycles. The van der Waals surface area contributed by atoms with Crippen LogP contribution in [0.3, 0.4) is 0 Å². The first-order chi connectivity index (χ1) is 20.9. The molecule has 3 aromatic rings. The number of benzene rings is 2. The molecule has 6 rings (SSSR count). The van der Waals surface area contributed by atoms with Crippen LogP contribution in [0.5, 0.6) is 6.01 Å². The molecule has 0 aliphatic carbocycles. The quantitative estimate of drug-likeness (QED) is 0.299. The Hall–Kier alpha value is -4.20. The lowest BCUT2D eigenvalue weighted by Gasteiger charge is -2.39. The third-order valence-corrected chi connectivity index (χ3v) is 9.04. The second-order valence-corrected chi connectivity index (χ2v) is 11.7. The molecule has 0 spiro atoms. The van der Waals surface area contributed by atoms with E-state index in [0.29, 0.717) is 61.8 Å². The zero-order valence-corrected chi connectivity index (χ0v) is 25.0. The van der Waals surface area contributed by atoms with E-state index in [-0.39, 0.29) is 30.4 Å². The number of fused-ring (bicyclic) bond motifs is 2. The lowest BCUT2D eigenvalue weighted by atomic mass is 10.0. The molecule has 1 aromatic heterocycles. The Kier molecular flexibility index (Phi) is 8.19. The highest BCUT2D eigenvalue weighted by Gasteiger charge is 2.37. The average Bonchev–Trinajstić information content (AvgIpc) is 3.64. The van der Waals surface area contributed by atoms with Crippen molar-refractivity contribution in [1.29, 1.82) is 0 Å². The third kappa shape index (κ3) is 5.63. The number of piperazine rings is 1. The van der Waals surface area contributed by atoms with Crippen molar-refractivity contribution in [2.45, 2.75) is 38.0 Å². The molecule has 0 N–H and O–H groups in total. The maximum Gasteiger partial charge on any atom is 0.318 e. The van der Waals surface area contributed by atoms with Gasteiger partial charge in [-0.05, 0) is 50.0 Å². The van der Waals surface area contributed by atoms with E-state index in [1.54, 1.807) is 15.9 Å². The zero-order chi connectivity index (χ0) is 30.1. The highest BCUT2D eigenvalue weighted by molar-refractivity contribution is 6.36. The molecule has 2 amide bonds. The second kappa shape index (κ2) is 12.2. The zero-order valence-electron chi connectivity index (χ0n) is 24.2. The molecule has 4 heterocycles. The van der Waals surface area contributed by atoms with E-state index in [2.05, 4.69) is 28.3 Å². The summed E-state index contributed by atoms with van der Waals surface area (Å²) in [6, 6.07) is 11.5. The summed E-state index contributed by atoms with van der Waals surface area (Å²) in [6.07, 6.45) is 3.48. The van der Waals surface area contributed by atoms with Gasteiger partial charge in [-0.2, -0.15) is 9.97 Å². The van der Waals surface area contributed by atoms with Crippen LogP contribution >= 0.6 is 11.6 Å². The number of likely N-dealkylation sites (tertiary alicyclic amines) is 1. The maximum atomic E-state index is 14.0. The molecule has 0 unspecified atom stereocenters. The van der Waals surface area contributed by atoms with Crippen LogP contribution in [0.2, 0.25) is 5.02 Å². The number of aromatic nitrogens is 2. The third-order valence-electron chi connectivity index (χ3n) is 8.73. The van der Waals surface area contributed by atoms with Gasteiger partial charge in [-0.15, -0.1) is 0 Å². The maximum absolute atomic E-state index is 14.0. The first-order valence-electron chi connectivity index (χ1n) is 14.6. The van der Waals surface area contributed by atoms with Crippen LogP contribution < -0.4 is 9.64 Å². The van der Waals surface area contributed by atoms with E-state index in [1.807, 2.05) is 30.3 Å². The number of likely N-dealkylation sites (N-methyl/N-ethyl adjacent to an activating group) is 1. The number of carbonyl (C=O) groups excluding carboxylic acids is 2. The number of amides is 2. The smallest absolute Gasteiger partial charge is 0.318 e. The van der Waals surface area contributed by atoms with Gasteiger partial charge in [0.1, 0.15) is 18.5 Å². The van der Waals surface area contributed by atoms with Gasteiger partial charge in [-0.3, -0.25) is 9.59 Å². The van der Waals surface area contributed by atoms with Gasteiger partial charge in [0.2, 0.25) is 12.5 Å².